The SMILES string of the molecule is C=CCOC(=O)n1nc(S(C)(=O)=O)sc1=NC(=O)N(C)C. The maximum Gasteiger partial charge on any atom is 0.437 e. The minimum absolute atomic E-state index is 0.0847. The topological polar surface area (TPSA) is 111 Å². The van der Waals surface area contributed by atoms with Gasteiger partial charge in [0.1, 0.15) is 6.61 Å². The number of hydrogen-bond donors (Lipinski definition) is 0. The van der Waals surface area contributed by atoms with Crippen LogP contribution in [0.5, 0.6) is 0 Å². The quantitative estimate of drug-likeness (QED) is 0.725. The van der Waals surface area contributed by atoms with Crippen LogP contribution < -0.4 is 4.80 Å². The zero-order valence-corrected chi connectivity index (χ0v) is 13.3. The molecule has 21 heavy (non-hydrogen) atoms. The highest BCUT2D eigenvalue weighted by Crippen LogP contribution is 2.08. The van der Waals surface area contributed by atoms with Gasteiger partial charge in [0, 0.05) is 20.4 Å². The highest BCUT2D eigenvalue weighted by Gasteiger charge is 2.20. The van der Waals surface area contributed by atoms with Crippen molar-refractivity contribution in [3.8, 4) is 0 Å². The first-order valence-electron chi connectivity index (χ1n) is 5.51. The summed E-state index contributed by atoms with van der Waals surface area (Å²) in [7, 11) is -0.715. The van der Waals surface area contributed by atoms with E-state index < -0.39 is 22.0 Å². The molecule has 0 aliphatic heterocycles. The van der Waals surface area contributed by atoms with Gasteiger partial charge in [-0.2, -0.15) is 4.99 Å². The van der Waals surface area contributed by atoms with E-state index in [0.29, 0.717) is 16.0 Å². The fraction of sp³-hybridized carbons (Fsp3) is 0.400. The van der Waals surface area contributed by atoms with Crippen molar-refractivity contribution in [1.29, 1.82) is 0 Å². The van der Waals surface area contributed by atoms with Crippen LogP contribution in [-0.2, 0) is 14.6 Å². The third-order valence-electron chi connectivity index (χ3n) is 1.93. The van der Waals surface area contributed by atoms with Gasteiger partial charge in [-0.05, 0) is 0 Å². The van der Waals surface area contributed by atoms with Crippen LogP contribution in [0.3, 0.4) is 0 Å². The molecule has 0 bridgehead atoms. The summed E-state index contributed by atoms with van der Waals surface area (Å²) in [5.74, 6) is 0. The number of urea groups is 1. The number of nitrogens with zero attached hydrogens (tertiary/aromatic N) is 4. The number of rotatable bonds is 3. The van der Waals surface area contributed by atoms with Gasteiger partial charge in [0.2, 0.25) is 19.0 Å². The van der Waals surface area contributed by atoms with E-state index in [1.807, 2.05) is 0 Å². The predicted molar refractivity (Wildman–Crippen MR) is 74.8 cm³/mol. The average molecular weight is 334 g/mol. The fourth-order valence-electron chi connectivity index (χ4n) is 0.978. The first-order chi connectivity index (χ1) is 9.66. The summed E-state index contributed by atoms with van der Waals surface area (Å²) >= 11 is 0.597. The lowest BCUT2D eigenvalue weighted by Crippen LogP contribution is -2.29. The highest BCUT2D eigenvalue weighted by molar-refractivity contribution is 7.92. The average Bonchev–Trinajstić information content (AvgIpc) is 2.79. The van der Waals surface area contributed by atoms with E-state index in [1.165, 1.54) is 25.1 Å². The Bertz CT molecular complexity index is 729. The third-order valence-corrected chi connectivity index (χ3v) is 4.51. The lowest BCUT2D eigenvalue weighted by atomic mass is 10.7. The summed E-state index contributed by atoms with van der Waals surface area (Å²) in [5, 5.41) is 3.62. The molecule has 1 rings (SSSR count). The van der Waals surface area contributed by atoms with E-state index in [-0.39, 0.29) is 15.7 Å². The Morgan fingerprint density at radius 2 is 2.14 bits per heavy atom. The Labute approximate surface area is 125 Å². The van der Waals surface area contributed by atoms with Crippen molar-refractivity contribution in [3.63, 3.8) is 0 Å². The van der Waals surface area contributed by atoms with Crippen molar-refractivity contribution in [2.24, 2.45) is 4.99 Å². The molecule has 0 aliphatic rings. The summed E-state index contributed by atoms with van der Waals surface area (Å²) in [5.41, 5.74) is 0. The summed E-state index contributed by atoms with van der Waals surface area (Å²) in [6.07, 6.45) is 1.32. The molecule has 1 heterocycles. The van der Waals surface area contributed by atoms with Crippen molar-refractivity contribution >= 4 is 33.3 Å². The minimum Gasteiger partial charge on any atom is -0.444 e. The molecular weight excluding hydrogens is 320 g/mol. The largest absolute Gasteiger partial charge is 0.444 e. The van der Waals surface area contributed by atoms with Crippen LogP contribution in [0.2, 0.25) is 0 Å². The van der Waals surface area contributed by atoms with Gasteiger partial charge >= 0.3 is 12.1 Å². The molecule has 2 amide bonds. The van der Waals surface area contributed by atoms with E-state index >= 15 is 0 Å². The van der Waals surface area contributed by atoms with Gasteiger partial charge in [-0.1, -0.05) is 24.0 Å². The molecule has 0 fully saturated rings. The Balaban J connectivity index is 3.40. The second kappa shape index (κ2) is 6.63. The lowest BCUT2D eigenvalue weighted by Gasteiger charge is -2.04. The molecule has 0 N–H and O–H groups in total. The molecule has 11 heteroatoms. The molecule has 0 saturated carbocycles. The molecule has 0 saturated heterocycles. The number of amides is 2. The van der Waals surface area contributed by atoms with Crippen molar-refractivity contribution in [2.75, 3.05) is 27.0 Å². The van der Waals surface area contributed by atoms with Gasteiger partial charge in [0.25, 0.3) is 0 Å². The number of carbonyl (C=O) groups is 2. The summed E-state index contributed by atoms with van der Waals surface area (Å²) in [4.78, 5) is 28.0. The highest BCUT2D eigenvalue weighted by atomic mass is 32.2. The molecule has 116 valence electrons. The van der Waals surface area contributed by atoms with E-state index in [9.17, 15) is 18.0 Å². The predicted octanol–water partition coefficient (Wildman–Crippen LogP) is 0.101. The van der Waals surface area contributed by atoms with Gasteiger partial charge in [0.15, 0.2) is 0 Å². The number of aromatic nitrogens is 2. The van der Waals surface area contributed by atoms with E-state index in [2.05, 4.69) is 16.7 Å². The van der Waals surface area contributed by atoms with Gasteiger partial charge < -0.3 is 9.64 Å². The van der Waals surface area contributed by atoms with Gasteiger partial charge in [-0.25, -0.2) is 18.0 Å². The smallest absolute Gasteiger partial charge is 0.437 e. The second-order valence-corrected chi connectivity index (χ2v) is 7.13. The van der Waals surface area contributed by atoms with Crippen LogP contribution in [0.1, 0.15) is 0 Å². The molecule has 0 unspecified atom stereocenters. The first-order valence-corrected chi connectivity index (χ1v) is 8.22. The Morgan fingerprint density at radius 1 is 1.52 bits per heavy atom. The molecule has 1 aromatic heterocycles. The standard InChI is InChI=1S/C10H14N4O5S2/c1-5-6-19-10(16)14-8(11-7(15)13(2)3)20-9(12-14)21(4,17)18/h5H,1,6H2,2-4H3. The number of sulfone groups is 1. The maximum absolute atomic E-state index is 11.8. The van der Waals surface area contributed by atoms with Crippen LogP contribution in [0.25, 0.3) is 0 Å². The summed E-state index contributed by atoms with van der Waals surface area (Å²) in [6.45, 7) is 3.30. The Hall–Kier alpha value is -2.01. The van der Waals surface area contributed by atoms with Gasteiger partial charge in [0.05, 0.1) is 0 Å². The van der Waals surface area contributed by atoms with Crippen LogP contribution in [-0.4, -0.2) is 62.2 Å². The van der Waals surface area contributed by atoms with Crippen LogP contribution in [0.15, 0.2) is 22.0 Å². The Morgan fingerprint density at radius 3 is 2.62 bits per heavy atom. The zero-order valence-electron chi connectivity index (χ0n) is 11.6. The Kier molecular flexibility index (Phi) is 5.38. The van der Waals surface area contributed by atoms with Crippen LogP contribution in [0, 0.1) is 0 Å². The molecule has 0 aliphatic carbocycles. The molecule has 1 aromatic rings. The lowest BCUT2D eigenvalue weighted by molar-refractivity contribution is 0.155. The van der Waals surface area contributed by atoms with Crippen LogP contribution >= 0.6 is 11.3 Å². The van der Waals surface area contributed by atoms with Crippen molar-refractivity contribution < 1.29 is 22.7 Å². The van der Waals surface area contributed by atoms with E-state index in [0.717, 1.165) is 6.26 Å². The summed E-state index contributed by atoms with van der Waals surface area (Å²) < 4.78 is 28.0. The van der Waals surface area contributed by atoms with E-state index in [1.54, 1.807) is 0 Å². The molecule has 9 nitrogen and oxygen atoms in total. The molecule has 0 radical (unpaired) electrons. The van der Waals surface area contributed by atoms with Gasteiger partial charge in [-0.15, -0.1) is 9.78 Å². The number of hydrogen-bond acceptors (Lipinski definition) is 7. The molecule has 0 aromatic carbocycles. The second-order valence-electron chi connectivity index (χ2n) is 3.99. The summed E-state index contributed by atoms with van der Waals surface area (Å²) in [6, 6.07) is -0.663. The molecule has 0 atom stereocenters. The van der Waals surface area contributed by atoms with Crippen molar-refractivity contribution in [1.82, 2.24) is 14.7 Å². The van der Waals surface area contributed by atoms with E-state index in [4.69, 9.17) is 4.74 Å². The van der Waals surface area contributed by atoms with Crippen molar-refractivity contribution in [2.45, 2.75) is 4.34 Å². The number of carbonyl (C=O) groups excluding carboxylic acids is 2. The first kappa shape index (κ1) is 17.0. The van der Waals surface area contributed by atoms with Crippen LogP contribution in [0.4, 0.5) is 9.59 Å². The maximum atomic E-state index is 11.8. The van der Waals surface area contributed by atoms with Crippen molar-refractivity contribution in [3.05, 3.63) is 17.5 Å². The molecule has 0 spiro atoms. The minimum atomic E-state index is -3.64. The number of ether oxygens (including phenoxy) is 1. The fourth-order valence-corrected chi connectivity index (χ4v) is 2.64. The van der Waals surface area contributed by atoms with Gasteiger partial charge in [-0.3, -0.25) is 0 Å². The third kappa shape index (κ3) is 4.49. The molecular formula is C10H14N4O5S2. The normalized spacial score (nSPS) is 12.0. The zero-order chi connectivity index (χ0) is 16.2. The monoisotopic (exact) mass is 334 g/mol.